The van der Waals surface area contributed by atoms with Crippen LogP contribution in [-0.4, -0.2) is 35.6 Å². The molecule has 0 aliphatic heterocycles. The number of carbonyl (C=O) groups is 1. The summed E-state index contributed by atoms with van der Waals surface area (Å²) in [5, 5.41) is 0.992. The molecule has 0 spiro atoms. The van der Waals surface area contributed by atoms with Crippen molar-refractivity contribution in [2.75, 3.05) is 20.2 Å². The Hall–Kier alpha value is -2.30. The van der Waals surface area contributed by atoms with E-state index in [9.17, 15) is 9.59 Å². The molecule has 34 heavy (non-hydrogen) atoms. The van der Waals surface area contributed by atoms with Crippen LogP contribution in [0.1, 0.15) is 91.5 Å². The summed E-state index contributed by atoms with van der Waals surface area (Å²) >= 11 is 0. The Kier molecular flexibility index (Phi) is 8.15. The summed E-state index contributed by atoms with van der Waals surface area (Å²) < 4.78 is 7.14. The van der Waals surface area contributed by atoms with Crippen LogP contribution in [0, 0.1) is 10.8 Å². The van der Waals surface area contributed by atoms with Gasteiger partial charge in [0.1, 0.15) is 12.3 Å². The van der Waals surface area contributed by atoms with E-state index in [2.05, 4.69) is 41.5 Å². The maximum atomic E-state index is 13.7. The minimum Gasteiger partial charge on any atom is -0.497 e. The number of rotatable bonds is 8. The van der Waals surface area contributed by atoms with Crippen LogP contribution in [0.4, 0.5) is 0 Å². The zero-order chi connectivity index (χ0) is 25.1. The second kappa shape index (κ2) is 10.5. The molecule has 2 aromatic rings. The van der Waals surface area contributed by atoms with Gasteiger partial charge in [-0.1, -0.05) is 54.4 Å². The van der Waals surface area contributed by atoms with Crippen molar-refractivity contribution in [3.8, 4) is 5.75 Å². The third kappa shape index (κ3) is 6.86. The van der Waals surface area contributed by atoms with Crippen LogP contribution in [0.2, 0.25) is 0 Å². The van der Waals surface area contributed by atoms with Crippen LogP contribution in [0.5, 0.6) is 5.75 Å². The summed E-state index contributed by atoms with van der Waals surface area (Å²) in [5.41, 5.74) is 1.89. The SMILES string of the molecule is COc1ccc2cc(C3CCCC3)c(=O)n(CC(=O)N(CCC(C)(C)C)CCC(C)(C)C)c2c1. The van der Waals surface area contributed by atoms with Crippen molar-refractivity contribution in [1.29, 1.82) is 0 Å². The molecule has 1 aliphatic carbocycles. The predicted octanol–water partition coefficient (Wildman–Crippen LogP) is 6.37. The second-order valence-electron chi connectivity index (χ2n) is 12.4. The van der Waals surface area contributed by atoms with Gasteiger partial charge in [0, 0.05) is 24.7 Å². The first-order chi connectivity index (χ1) is 15.9. The van der Waals surface area contributed by atoms with E-state index >= 15 is 0 Å². The lowest BCUT2D eigenvalue weighted by Gasteiger charge is -2.30. The zero-order valence-electron chi connectivity index (χ0n) is 22.4. The summed E-state index contributed by atoms with van der Waals surface area (Å²) in [4.78, 5) is 29.3. The molecular formula is C29H44N2O3. The largest absolute Gasteiger partial charge is 0.497 e. The van der Waals surface area contributed by atoms with Gasteiger partial charge < -0.3 is 9.64 Å². The first-order valence-electron chi connectivity index (χ1n) is 12.9. The van der Waals surface area contributed by atoms with Gasteiger partial charge in [-0.3, -0.25) is 14.2 Å². The summed E-state index contributed by atoms with van der Waals surface area (Å²) in [6.45, 7) is 14.7. The molecule has 1 aliphatic rings. The fourth-order valence-corrected chi connectivity index (χ4v) is 4.72. The first kappa shape index (κ1) is 26.3. The Morgan fingerprint density at radius 1 is 1.00 bits per heavy atom. The van der Waals surface area contributed by atoms with Crippen LogP contribution in [0.25, 0.3) is 10.9 Å². The minimum atomic E-state index is -0.0207. The minimum absolute atomic E-state index is 0.0169. The Morgan fingerprint density at radius 2 is 1.59 bits per heavy atom. The van der Waals surface area contributed by atoms with Gasteiger partial charge in [-0.2, -0.15) is 0 Å². The number of fused-ring (bicyclic) bond motifs is 1. The molecule has 1 aromatic carbocycles. The molecule has 0 bridgehead atoms. The van der Waals surface area contributed by atoms with Gasteiger partial charge in [-0.15, -0.1) is 0 Å². The number of carbonyl (C=O) groups excluding carboxylic acids is 1. The Morgan fingerprint density at radius 3 is 2.12 bits per heavy atom. The van der Waals surface area contributed by atoms with Gasteiger partial charge in [0.2, 0.25) is 5.91 Å². The Bertz CT molecular complexity index is 1030. The summed E-state index contributed by atoms with van der Waals surface area (Å²) in [6.07, 6.45) is 6.28. The fraction of sp³-hybridized carbons (Fsp3) is 0.655. The highest BCUT2D eigenvalue weighted by atomic mass is 16.5. The fourth-order valence-electron chi connectivity index (χ4n) is 4.72. The van der Waals surface area contributed by atoms with Crippen molar-refractivity contribution in [3.05, 3.63) is 40.2 Å². The average Bonchev–Trinajstić information content (AvgIpc) is 3.28. The Balaban J connectivity index is 1.99. The van der Waals surface area contributed by atoms with Gasteiger partial charge in [-0.25, -0.2) is 0 Å². The molecule has 1 amide bonds. The van der Waals surface area contributed by atoms with E-state index in [0.29, 0.717) is 24.8 Å². The monoisotopic (exact) mass is 468 g/mol. The van der Waals surface area contributed by atoms with Crippen LogP contribution < -0.4 is 10.3 Å². The number of hydrogen-bond donors (Lipinski definition) is 0. The second-order valence-corrected chi connectivity index (χ2v) is 12.4. The molecule has 0 N–H and O–H groups in total. The number of aromatic nitrogens is 1. The molecule has 0 saturated heterocycles. The molecule has 5 nitrogen and oxygen atoms in total. The molecule has 188 valence electrons. The van der Waals surface area contributed by atoms with Crippen molar-refractivity contribution >= 4 is 16.8 Å². The van der Waals surface area contributed by atoms with E-state index in [4.69, 9.17) is 4.74 Å². The molecule has 0 atom stereocenters. The lowest BCUT2D eigenvalue weighted by Crippen LogP contribution is -2.40. The van der Waals surface area contributed by atoms with E-state index in [0.717, 1.165) is 55.0 Å². The van der Waals surface area contributed by atoms with Gasteiger partial charge >= 0.3 is 0 Å². The highest BCUT2D eigenvalue weighted by Crippen LogP contribution is 2.34. The first-order valence-corrected chi connectivity index (χ1v) is 12.9. The van der Waals surface area contributed by atoms with E-state index < -0.39 is 0 Å². The van der Waals surface area contributed by atoms with Crippen LogP contribution >= 0.6 is 0 Å². The van der Waals surface area contributed by atoms with Gasteiger partial charge in [-0.05, 0) is 66.0 Å². The number of pyridine rings is 1. The molecule has 5 heteroatoms. The van der Waals surface area contributed by atoms with Gasteiger partial charge in [0.05, 0.1) is 12.6 Å². The predicted molar refractivity (Wildman–Crippen MR) is 141 cm³/mol. The maximum Gasteiger partial charge on any atom is 0.255 e. The lowest BCUT2D eigenvalue weighted by molar-refractivity contribution is -0.132. The topological polar surface area (TPSA) is 51.5 Å². The highest BCUT2D eigenvalue weighted by molar-refractivity contribution is 5.84. The molecule has 0 radical (unpaired) electrons. The number of ether oxygens (including phenoxy) is 1. The number of amides is 1. The summed E-state index contributed by atoms with van der Waals surface area (Å²) in [7, 11) is 1.63. The van der Waals surface area contributed by atoms with E-state index in [1.807, 2.05) is 29.2 Å². The number of methoxy groups -OCH3 is 1. The van der Waals surface area contributed by atoms with Crippen molar-refractivity contribution in [1.82, 2.24) is 9.47 Å². The van der Waals surface area contributed by atoms with Crippen molar-refractivity contribution < 1.29 is 9.53 Å². The molecule has 3 rings (SSSR count). The molecule has 1 saturated carbocycles. The summed E-state index contributed by atoms with van der Waals surface area (Å²) in [6, 6.07) is 7.86. The van der Waals surface area contributed by atoms with E-state index in [1.54, 1.807) is 11.7 Å². The smallest absolute Gasteiger partial charge is 0.255 e. The van der Waals surface area contributed by atoms with Gasteiger partial charge in [0.15, 0.2) is 0 Å². The van der Waals surface area contributed by atoms with Crippen molar-refractivity contribution in [2.45, 2.75) is 92.5 Å². The normalized spacial score (nSPS) is 15.1. The molecule has 1 aromatic heterocycles. The van der Waals surface area contributed by atoms with Crippen LogP contribution in [0.3, 0.4) is 0 Å². The van der Waals surface area contributed by atoms with Crippen LogP contribution in [-0.2, 0) is 11.3 Å². The molecule has 1 fully saturated rings. The summed E-state index contributed by atoms with van der Waals surface area (Å²) in [5.74, 6) is 1.00. The standard InChI is InChI=1S/C29H44N2O3/c1-28(2,3)14-16-30(17-15-29(4,5)6)26(32)20-31-25-19-23(34-7)13-12-22(25)18-24(27(31)33)21-10-8-9-11-21/h12-13,18-19,21H,8-11,14-17,20H2,1-7H3. The highest BCUT2D eigenvalue weighted by Gasteiger charge is 2.25. The number of benzene rings is 1. The lowest BCUT2D eigenvalue weighted by atomic mass is 9.90. The Labute approximate surface area is 205 Å². The third-order valence-electron chi connectivity index (χ3n) is 7.04. The third-order valence-corrected chi connectivity index (χ3v) is 7.04. The molecular weight excluding hydrogens is 424 g/mol. The number of hydrogen-bond acceptors (Lipinski definition) is 3. The molecule has 1 heterocycles. The van der Waals surface area contributed by atoms with Crippen molar-refractivity contribution in [2.24, 2.45) is 10.8 Å². The average molecular weight is 469 g/mol. The quantitative estimate of drug-likeness (QED) is 0.452. The van der Waals surface area contributed by atoms with Gasteiger partial charge in [0.25, 0.3) is 5.56 Å². The van der Waals surface area contributed by atoms with E-state index in [1.165, 1.54) is 0 Å². The van der Waals surface area contributed by atoms with Crippen LogP contribution in [0.15, 0.2) is 29.1 Å². The maximum absolute atomic E-state index is 13.7. The van der Waals surface area contributed by atoms with E-state index in [-0.39, 0.29) is 28.8 Å². The van der Waals surface area contributed by atoms with Crippen molar-refractivity contribution in [3.63, 3.8) is 0 Å². The zero-order valence-corrected chi connectivity index (χ0v) is 22.4. The molecule has 0 unspecified atom stereocenters. The number of nitrogens with zero attached hydrogens (tertiary/aromatic N) is 2.